The molecule has 0 radical (unpaired) electrons. The Balaban J connectivity index is 3.04. The Morgan fingerprint density at radius 3 is 2.64 bits per heavy atom. The van der Waals surface area contributed by atoms with E-state index in [4.69, 9.17) is 0 Å². The maximum Gasteiger partial charge on any atom is 0.540 e. The van der Waals surface area contributed by atoms with E-state index in [0.29, 0.717) is 6.61 Å². The predicted octanol–water partition coefficient (Wildman–Crippen LogP) is 0.738. The van der Waals surface area contributed by atoms with Crippen molar-refractivity contribution >= 4 is 6.16 Å². The Bertz CT molecular complexity index is 103. The van der Waals surface area contributed by atoms with Gasteiger partial charge in [0.15, 0.2) is 0 Å². The van der Waals surface area contributed by atoms with Gasteiger partial charge in [-0.25, -0.2) is 4.79 Å². The van der Waals surface area contributed by atoms with Crippen molar-refractivity contribution in [3.8, 4) is 0 Å². The highest BCUT2D eigenvalue weighted by Crippen LogP contribution is 1.85. The molecule has 0 bridgehead atoms. The van der Waals surface area contributed by atoms with Gasteiger partial charge in [-0.05, 0) is 6.92 Å². The van der Waals surface area contributed by atoms with E-state index in [2.05, 4.69) is 19.2 Å². The first-order chi connectivity index (χ1) is 5.31. The average Bonchev–Trinajstić information content (AvgIpc) is 1.99. The van der Waals surface area contributed by atoms with Gasteiger partial charge >= 0.3 is 6.16 Å². The first-order valence-corrected chi connectivity index (χ1v) is 3.26. The molecule has 0 saturated carbocycles. The Hall–Kier alpha value is -0.810. The Labute approximate surface area is 65.1 Å². The topological polar surface area (TPSA) is 54.0 Å². The summed E-state index contributed by atoms with van der Waals surface area (Å²) < 4.78 is 9.02. The quantitative estimate of drug-likeness (QED) is 0.259. The number of hydrogen-bond donors (Lipinski definition) is 0. The summed E-state index contributed by atoms with van der Waals surface area (Å²) >= 11 is 0. The first-order valence-electron chi connectivity index (χ1n) is 3.26. The van der Waals surface area contributed by atoms with Gasteiger partial charge < -0.3 is 9.47 Å². The molecular formula is C6H12O5. The lowest BCUT2D eigenvalue weighted by molar-refractivity contribution is -0.259. The molecule has 0 heterocycles. The van der Waals surface area contributed by atoms with E-state index in [1.54, 1.807) is 6.92 Å². The molecule has 66 valence electrons. The minimum atomic E-state index is -0.830. The number of carbonyl (C=O) groups is 1. The van der Waals surface area contributed by atoms with Crippen molar-refractivity contribution in [3.63, 3.8) is 0 Å². The van der Waals surface area contributed by atoms with E-state index in [1.165, 1.54) is 7.11 Å². The summed E-state index contributed by atoms with van der Waals surface area (Å²) in [5.41, 5.74) is 0. The van der Waals surface area contributed by atoms with Gasteiger partial charge in [-0.2, -0.15) is 4.89 Å². The molecule has 0 aromatic heterocycles. The van der Waals surface area contributed by atoms with E-state index in [0.717, 1.165) is 0 Å². The molecule has 0 unspecified atom stereocenters. The summed E-state index contributed by atoms with van der Waals surface area (Å²) in [7, 11) is 1.52. The maximum atomic E-state index is 10.4. The monoisotopic (exact) mass is 164 g/mol. The lowest BCUT2D eigenvalue weighted by Gasteiger charge is -2.01. The van der Waals surface area contributed by atoms with Crippen LogP contribution in [-0.4, -0.2) is 33.1 Å². The van der Waals surface area contributed by atoms with E-state index in [1.807, 2.05) is 0 Å². The van der Waals surface area contributed by atoms with Crippen LogP contribution in [0, 0.1) is 0 Å². The zero-order valence-electron chi connectivity index (χ0n) is 6.66. The molecule has 0 spiro atoms. The van der Waals surface area contributed by atoms with Crippen LogP contribution in [0.1, 0.15) is 6.92 Å². The van der Waals surface area contributed by atoms with Crippen LogP contribution in [0.3, 0.4) is 0 Å². The average molecular weight is 164 g/mol. The molecule has 11 heavy (non-hydrogen) atoms. The van der Waals surface area contributed by atoms with Gasteiger partial charge in [-0.3, -0.25) is 4.89 Å². The Morgan fingerprint density at radius 1 is 1.36 bits per heavy atom. The SMILES string of the molecule is CCOC(=O)OOCCOC. The molecule has 0 aromatic carbocycles. The minimum Gasteiger partial charge on any atom is -0.433 e. The summed E-state index contributed by atoms with van der Waals surface area (Å²) in [6.45, 7) is 2.53. The summed E-state index contributed by atoms with van der Waals surface area (Å²) in [6.07, 6.45) is -0.830. The third-order valence-corrected chi connectivity index (χ3v) is 0.760. The zero-order chi connectivity index (χ0) is 8.53. The highest BCUT2D eigenvalue weighted by Gasteiger charge is 2.01. The fourth-order valence-electron chi connectivity index (χ4n) is 0.349. The molecule has 5 heteroatoms. The van der Waals surface area contributed by atoms with Crippen LogP contribution >= 0.6 is 0 Å². The highest BCUT2D eigenvalue weighted by atomic mass is 17.2. The number of hydrogen-bond acceptors (Lipinski definition) is 5. The van der Waals surface area contributed by atoms with Crippen molar-refractivity contribution in [3.05, 3.63) is 0 Å². The number of ether oxygens (including phenoxy) is 2. The van der Waals surface area contributed by atoms with E-state index < -0.39 is 6.16 Å². The van der Waals surface area contributed by atoms with Crippen LogP contribution in [0.25, 0.3) is 0 Å². The van der Waals surface area contributed by atoms with E-state index in [9.17, 15) is 4.79 Å². The minimum absolute atomic E-state index is 0.204. The standard InChI is InChI=1S/C6H12O5/c1-3-9-6(7)11-10-5-4-8-2/h3-5H2,1-2H3. The van der Waals surface area contributed by atoms with Gasteiger partial charge in [0.1, 0.15) is 6.61 Å². The normalized spacial score (nSPS) is 9.27. The summed E-state index contributed by atoms with van der Waals surface area (Å²) in [5.74, 6) is 0. The molecule has 0 amide bonds. The molecule has 0 aromatic rings. The van der Waals surface area contributed by atoms with Crippen LogP contribution in [0.2, 0.25) is 0 Å². The molecule has 0 N–H and O–H groups in total. The van der Waals surface area contributed by atoms with Gasteiger partial charge in [0, 0.05) is 7.11 Å². The predicted molar refractivity (Wildman–Crippen MR) is 35.9 cm³/mol. The second kappa shape index (κ2) is 7.30. The van der Waals surface area contributed by atoms with Crippen LogP contribution in [0.5, 0.6) is 0 Å². The van der Waals surface area contributed by atoms with Gasteiger partial charge in [-0.15, -0.1) is 0 Å². The smallest absolute Gasteiger partial charge is 0.433 e. The third kappa shape index (κ3) is 7.08. The molecule has 5 nitrogen and oxygen atoms in total. The lowest BCUT2D eigenvalue weighted by Crippen LogP contribution is -2.10. The van der Waals surface area contributed by atoms with Gasteiger partial charge in [0.25, 0.3) is 0 Å². The maximum absolute atomic E-state index is 10.4. The number of carbonyl (C=O) groups excluding carboxylic acids is 1. The van der Waals surface area contributed by atoms with Crippen LogP contribution in [0.15, 0.2) is 0 Å². The van der Waals surface area contributed by atoms with Crippen LogP contribution in [-0.2, 0) is 19.2 Å². The molecule has 0 aliphatic rings. The number of methoxy groups -OCH3 is 1. The van der Waals surface area contributed by atoms with Gasteiger partial charge in [-0.1, -0.05) is 0 Å². The lowest BCUT2D eigenvalue weighted by atomic mass is 10.8. The molecule has 0 aliphatic carbocycles. The fraction of sp³-hybridized carbons (Fsp3) is 0.833. The van der Waals surface area contributed by atoms with Crippen molar-refractivity contribution in [2.24, 2.45) is 0 Å². The van der Waals surface area contributed by atoms with Crippen molar-refractivity contribution < 1.29 is 24.0 Å². The van der Waals surface area contributed by atoms with Gasteiger partial charge in [0.05, 0.1) is 13.2 Å². The largest absolute Gasteiger partial charge is 0.540 e. The summed E-state index contributed by atoms with van der Waals surface area (Å²) in [6, 6.07) is 0. The first kappa shape index (κ1) is 10.2. The molecule has 0 fully saturated rings. The second-order valence-electron chi connectivity index (χ2n) is 1.58. The van der Waals surface area contributed by atoms with Gasteiger partial charge in [0.2, 0.25) is 0 Å². The molecule has 0 aliphatic heterocycles. The Morgan fingerprint density at radius 2 is 2.09 bits per heavy atom. The third-order valence-electron chi connectivity index (χ3n) is 0.760. The summed E-state index contributed by atoms with van der Waals surface area (Å²) in [5, 5.41) is 0. The molecule has 0 atom stereocenters. The summed E-state index contributed by atoms with van der Waals surface area (Å²) in [4.78, 5) is 18.9. The second-order valence-corrected chi connectivity index (χ2v) is 1.58. The molecular weight excluding hydrogens is 152 g/mol. The number of rotatable bonds is 5. The fourth-order valence-corrected chi connectivity index (χ4v) is 0.349. The molecule has 0 saturated heterocycles. The van der Waals surface area contributed by atoms with E-state index in [-0.39, 0.29) is 13.2 Å². The zero-order valence-corrected chi connectivity index (χ0v) is 6.66. The van der Waals surface area contributed by atoms with Crippen molar-refractivity contribution in [1.29, 1.82) is 0 Å². The highest BCUT2D eigenvalue weighted by molar-refractivity contribution is 5.58. The van der Waals surface area contributed by atoms with E-state index >= 15 is 0 Å². The van der Waals surface area contributed by atoms with Crippen LogP contribution < -0.4 is 0 Å². The Kier molecular flexibility index (Phi) is 6.76. The molecule has 0 rings (SSSR count). The van der Waals surface area contributed by atoms with Crippen molar-refractivity contribution in [2.45, 2.75) is 6.92 Å². The van der Waals surface area contributed by atoms with Crippen LogP contribution in [0.4, 0.5) is 4.79 Å². The van der Waals surface area contributed by atoms with Crippen molar-refractivity contribution in [1.82, 2.24) is 0 Å². The van der Waals surface area contributed by atoms with Crippen molar-refractivity contribution in [2.75, 3.05) is 26.9 Å².